The van der Waals surface area contributed by atoms with E-state index in [1.54, 1.807) is 23.3 Å². The molecule has 0 saturated carbocycles. The molecule has 0 aliphatic carbocycles. The van der Waals surface area contributed by atoms with E-state index in [1.165, 1.54) is 12.1 Å². The van der Waals surface area contributed by atoms with Crippen molar-refractivity contribution in [2.24, 2.45) is 0 Å². The maximum absolute atomic E-state index is 10.7. The molecule has 0 aromatic heterocycles. The van der Waals surface area contributed by atoms with E-state index in [9.17, 15) is 4.79 Å². The minimum atomic E-state index is -1.03. The summed E-state index contributed by atoms with van der Waals surface area (Å²) in [4.78, 5) is 15.9. The number of nitrogens with one attached hydrogen (secondary N) is 1. The molecular weight excluding hydrogens is 270 g/mol. The molecule has 0 saturated heterocycles. The minimum absolute atomic E-state index is 0.616. The van der Waals surface area contributed by atoms with E-state index in [0.29, 0.717) is 5.02 Å². The normalized spacial score (nSPS) is 16.5. The number of aliphatic carboxylic acids is 1. The molecule has 19 heavy (non-hydrogen) atoms. The number of carboxylic acid groups (broad SMARTS) is 1. The Bertz CT molecular complexity index is 521. The molecule has 1 aliphatic heterocycles. The maximum atomic E-state index is 10.7. The van der Waals surface area contributed by atoms with Gasteiger partial charge < -0.3 is 5.11 Å². The van der Waals surface area contributed by atoms with E-state index in [-0.39, 0.29) is 0 Å². The molecule has 0 amide bonds. The number of hydrogen-bond acceptors (Lipinski definition) is 5. The maximum Gasteiger partial charge on any atom is 0.335 e. The van der Waals surface area contributed by atoms with Crippen molar-refractivity contribution in [2.45, 2.75) is 20.0 Å². The Balaban J connectivity index is 2.08. The van der Waals surface area contributed by atoms with Gasteiger partial charge in [-0.05, 0) is 32.0 Å². The van der Waals surface area contributed by atoms with Gasteiger partial charge in [0, 0.05) is 5.02 Å². The zero-order valence-corrected chi connectivity index (χ0v) is 11.3. The Hall–Kier alpha value is -1.76. The first kappa shape index (κ1) is 13.7. The highest BCUT2D eigenvalue weighted by Crippen LogP contribution is 2.24. The van der Waals surface area contributed by atoms with Gasteiger partial charge in [0.15, 0.2) is 6.10 Å². The molecule has 6 nitrogen and oxygen atoms in total. The number of rotatable bonds is 4. The SMILES string of the molecule is CC1=CN(OC(C)C(=O)O)NN1c1cccc(Cl)c1. The average molecular weight is 284 g/mol. The van der Waals surface area contributed by atoms with Gasteiger partial charge in [-0.2, -0.15) is 5.17 Å². The van der Waals surface area contributed by atoms with Crippen LogP contribution in [0.2, 0.25) is 5.02 Å². The third kappa shape index (κ3) is 3.17. The van der Waals surface area contributed by atoms with Crippen molar-refractivity contribution in [2.75, 3.05) is 5.01 Å². The monoisotopic (exact) mass is 283 g/mol. The van der Waals surface area contributed by atoms with Gasteiger partial charge in [-0.15, -0.1) is 5.53 Å². The van der Waals surface area contributed by atoms with Crippen LogP contribution in [0.3, 0.4) is 0 Å². The number of carboxylic acids is 1. The third-order valence-corrected chi connectivity index (χ3v) is 2.78. The fourth-order valence-electron chi connectivity index (χ4n) is 1.58. The number of anilines is 1. The second kappa shape index (κ2) is 5.48. The van der Waals surface area contributed by atoms with Gasteiger partial charge in [0.1, 0.15) is 0 Å². The Morgan fingerprint density at radius 3 is 2.89 bits per heavy atom. The molecule has 0 spiro atoms. The van der Waals surface area contributed by atoms with Gasteiger partial charge in [0.25, 0.3) is 0 Å². The first-order valence-corrected chi connectivity index (χ1v) is 6.04. The van der Waals surface area contributed by atoms with E-state index in [1.807, 2.05) is 19.1 Å². The van der Waals surface area contributed by atoms with Crippen LogP contribution in [0.15, 0.2) is 36.2 Å². The summed E-state index contributed by atoms with van der Waals surface area (Å²) in [6, 6.07) is 7.27. The zero-order chi connectivity index (χ0) is 14.0. The van der Waals surface area contributed by atoms with Crippen LogP contribution in [0.4, 0.5) is 5.69 Å². The lowest BCUT2D eigenvalue weighted by atomic mass is 10.3. The third-order valence-electron chi connectivity index (χ3n) is 2.54. The van der Waals surface area contributed by atoms with Crippen molar-refractivity contribution in [1.29, 1.82) is 0 Å². The summed E-state index contributed by atoms with van der Waals surface area (Å²) in [5, 5.41) is 12.4. The Labute approximate surface area is 115 Å². The van der Waals surface area contributed by atoms with Crippen molar-refractivity contribution >= 4 is 23.3 Å². The standard InChI is InChI=1S/C12H14ClN3O3/c1-8-7-15(19-9(2)12(17)18)14-16(8)11-5-3-4-10(13)6-11/h3-7,9,14H,1-2H3,(H,17,18). The second-order valence-electron chi connectivity index (χ2n) is 4.10. The average Bonchev–Trinajstić information content (AvgIpc) is 2.70. The molecule has 2 rings (SSSR count). The summed E-state index contributed by atoms with van der Waals surface area (Å²) in [6.45, 7) is 3.32. The number of benzene rings is 1. The van der Waals surface area contributed by atoms with Gasteiger partial charge >= 0.3 is 5.97 Å². The van der Waals surface area contributed by atoms with Gasteiger partial charge in [0.2, 0.25) is 0 Å². The molecule has 2 N–H and O–H groups in total. The van der Waals surface area contributed by atoms with E-state index in [2.05, 4.69) is 5.53 Å². The molecule has 1 atom stereocenters. The van der Waals surface area contributed by atoms with Gasteiger partial charge in [-0.25, -0.2) is 9.63 Å². The molecule has 7 heteroatoms. The lowest BCUT2D eigenvalue weighted by molar-refractivity contribution is -0.201. The Morgan fingerprint density at radius 1 is 1.53 bits per heavy atom. The first-order valence-electron chi connectivity index (χ1n) is 5.66. The van der Waals surface area contributed by atoms with Crippen molar-refractivity contribution < 1.29 is 14.7 Å². The highest BCUT2D eigenvalue weighted by molar-refractivity contribution is 6.30. The lowest BCUT2D eigenvalue weighted by Crippen LogP contribution is -2.43. The van der Waals surface area contributed by atoms with Gasteiger partial charge in [0.05, 0.1) is 17.6 Å². The Kier molecular flexibility index (Phi) is 3.94. The molecule has 0 bridgehead atoms. The minimum Gasteiger partial charge on any atom is -0.479 e. The fraction of sp³-hybridized carbons (Fsp3) is 0.250. The molecule has 1 aliphatic rings. The summed E-state index contributed by atoms with van der Waals surface area (Å²) < 4.78 is 0. The molecule has 1 aromatic rings. The summed E-state index contributed by atoms with van der Waals surface area (Å²) in [6.07, 6.45) is 0.705. The van der Waals surface area contributed by atoms with Crippen molar-refractivity contribution in [3.8, 4) is 0 Å². The molecule has 1 unspecified atom stereocenters. The van der Waals surface area contributed by atoms with E-state index in [0.717, 1.165) is 11.4 Å². The predicted molar refractivity (Wildman–Crippen MR) is 70.8 cm³/mol. The van der Waals surface area contributed by atoms with Crippen LogP contribution in [-0.2, 0) is 9.63 Å². The van der Waals surface area contributed by atoms with Crippen molar-refractivity contribution in [3.63, 3.8) is 0 Å². The van der Waals surface area contributed by atoms with E-state index in [4.69, 9.17) is 21.5 Å². The first-order chi connectivity index (χ1) is 8.97. The van der Waals surface area contributed by atoms with Crippen LogP contribution in [-0.4, -0.2) is 22.4 Å². The molecular formula is C12H14ClN3O3. The topological polar surface area (TPSA) is 65.0 Å². The number of carbonyl (C=O) groups is 1. The smallest absolute Gasteiger partial charge is 0.335 e. The summed E-state index contributed by atoms with van der Waals surface area (Å²) in [5.74, 6) is -1.03. The Morgan fingerprint density at radius 2 is 2.26 bits per heavy atom. The van der Waals surface area contributed by atoms with Crippen LogP contribution < -0.4 is 10.5 Å². The van der Waals surface area contributed by atoms with E-state index >= 15 is 0 Å². The van der Waals surface area contributed by atoms with Crippen LogP contribution in [0.25, 0.3) is 0 Å². The van der Waals surface area contributed by atoms with Gasteiger partial charge in [-0.3, -0.25) is 5.01 Å². The van der Waals surface area contributed by atoms with Crippen LogP contribution >= 0.6 is 11.6 Å². The van der Waals surface area contributed by atoms with Crippen LogP contribution in [0, 0.1) is 0 Å². The molecule has 1 aromatic carbocycles. The number of hydrogen-bond donors (Lipinski definition) is 2. The van der Waals surface area contributed by atoms with Crippen molar-refractivity contribution in [3.05, 3.63) is 41.2 Å². The highest BCUT2D eigenvalue weighted by Gasteiger charge is 2.23. The zero-order valence-electron chi connectivity index (χ0n) is 10.5. The largest absolute Gasteiger partial charge is 0.479 e. The number of hydroxylamine groups is 1. The number of allylic oxidation sites excluding steroid dienone is 1. The number of halogens is 1. The summed E-state index contributed by atoms with van der Waals surface area (Å²) in [7, 11) is 0. The molecule has 1 heterocycles. The number of nitrogens with zero attached hydrogens (tertiary/aromatic N) is 2. The molecule has 0 radical (unpaired) electrons. The summed E-state index contributed by atoms with van der Waals surface area (Å²) >= 11 is 5.94. The number of hydrazine groups is 2. The van der Waals surface area contributed by atoms with Gasteiger partial charge in [-0.1, -0.05) is 17.7 Å². The van der Waals surface area contributed by atoms with E-state index < -0.39 is 12.1 Å². The highest BCUT2D eigenvalue weighted by atomic mass is 35.5. The fourth-order valence-corrected chi connectivity index (χ4v) is 1.76. The van der Waals surface area contributed by atoms with Crippen LogP contribution in [0.1, 0.15) is 13.8 Å². The molecule has 102 valence electrons. The quantitative estimate of drug-likeness (QED) is 0.883. The van der Waals surface area contributed by atoms with Crippen molar-refractivity contribution in [1.82, 2.24) is 10.7 Å². The molecule has 0 fully saturated rings. The summed E-state index contributed by atoms with van der Waals surface area (Å²) in [5.41, 5.74) is 4.58. The lowest BCUT2D eigenvalue weighted by Gasteiger charge is -2.24. The predicted octanol–water partition coefficient (Wildman–Crippen LogP) is 2.15. The van der Waals surface area contributed by atoms with Crippen LogP contribution in [0.5, 0.6) is 0 Å². The second-order valence-corrected chi connectivity index (χ2v) is 4.53.